The van der Waals surface area contributed by atoms with Crippen LogP contribution in [0.1, 0.15) is 45.7 Å². The van der Waals surface area contributed by atoms with Crippen LogP contribution in [0.15, 0.2) is 24.3 Å². The molecule has 1 fully saturated rings. The molecule has 7 nitrogen and oxygen atoms in total. The zero-order chi connectivity index (χ0) is 17.9. The summed E-state index contributed by atoms with van der Waals surface area (Å²) in [4.78, 5) is 26.2. The van der Waals surface area contributed by atoms with E-state index in [-0.39, 0.29) is 24.2 Å². The van der Waals surface area contributed by atoms with Crippen LogP contribution in [-0.2, 0) is 30.8 Å². The molecule has 3 heterocycles. The Bertz CT molecular complexity index is 835. The Hall–Kier alpha value is -2.38. The Morgan fingerprint density at radius 2 is 2.11 bits per heavy atom. The first-order valence-corrected chi connectivity index (χ1v) is 9.11. The summed E-state index contributed by atoms with van der Waals surface area (Å²) in [5.74, 6) is 0.0620. The number of nitrogens with zero attached hydrogens (tertiary/aromatic N) is 2. The van der Waals surface area contributed by atoms with Crippen molar-refractivity contribution in [2.75, 3.05) is 13.1 Å². The summed E-state index contributed by atoms with van der Waals surface area (Å²) in [7, 11) is 0. The van der Waals surface area contributed by atoms with Gasteiger partial charge in [0.2, 0.25) is 5.91 Å². The first kappa shape index (κ1) is 19.4. The van der Waals surface area contributed by atoms with Crippen LogP contribution < -0.4 is 10.6 Å². The average molecular weight is 390 g/mol. The number of carbonyl (C=O) groups is 2. The number of carbonyl (C=O) groups excluding carboxylic acids is 2. The number of amides is 2. The van der Waals surface area contributed by atoms with Gasteiger partial charge in [-0.05, 0) is 17.5 Å². The van der Waals surface area contributed by atoms with Crippen molar-refractivity contribution in [2.24, 2.45) is 0 Å². The summed E-state index contributed by atoms with van der Waals surface area (Å²) >= 11 is 0. The van der Waals surface area contributed by atoms with E-state index in [2.05, 4.69) is 20.8 Å². The summed E-state index contributed by atoms with van der Waals surface area (Å²) in [6, 6.07) is 8.02. The first-order chi connectivity index (χ1) is 12.7. The van der Waals surface area contributed by atoms with E-state index in [1.54, 1.807) is 0 Å². The number of aromatic amines is 1. The van der Waals surface area contributed by atoms with Gasteiger partial charge < -0.3 is 15.5 Å². The molecule has 2 amide bonds. The summed E-state index contributed by atoms with van der Waals surface area (Å²) in [6.07, 6.45) is 2.46. The van der Waals surface area contributed by atoms with Crippen LogP contribution in [0.5, 0.6) is 0 Å². The lowest BCUT2D eigenvalue weighted by atomic mass is 10.1. The Morgan fingerprint density at radius 1 is 1.26 bits per heavy atom. The van der Waals surface area contributed by atoms with Gasteiger partial charge in [0.15, 0.2) is 5.69 Å². The maximum absolute atomic E-state index is 12.5. The fourth-order valence-corrected chi connectivity index (χ4v) is 3.61. The van der Waals surface area contributed by atoms with Crippen molar-refractivity contribution in [2.45, 2.75) is 38.9 Å². The quantitative estimate of drug-likeness (QED) is 0.723. The number of fused-ring (bicyclic) bond motifs is 1. The van der Waals surface area contributed by atoms with Crippen LogP contribution in [0.3, 0.4) is 0 Å². The fraction of sp³-hybridized carbons (Fsp3) is 0.421. The molecular weight excluding hydrogens is 366 g/mol. The van der Waals surface area contributed by atoms with Crippen LogP contribution >= 0.6 is 12.4 Å². The zero-order valence-corrected chi connectivity index (χ0v) is 15.9. The molecule has 0 aliphatic carbocycles. The number of likely N-dealkylation sites (tertiary alicyclic amines) is 1. The molecule has 0 saturated carbocycles. The van der Waals surface area contributed by atoms with Crippen LogP contribution in [-0.4, -0.2) is 40.0 Å². The Labute approximate surface area is 164 Å². The number of nitrogens with one attached hydrogen (secondary N) is 3. The lowest BCUT2D eigenvalue weighted by Crippen LogP contribution is -2.28. The van der Waals surface area contributed by atoms with Crippen LogP contribution in [0.25, 0.3) is 0 Å². The fourth-order valence-electron chi connectivity index (χ4n) is 3.61. The third-order valence-corrected chi connectivity index (χ3v) is 5.01. The van der Waals surface area contributed by atoms with Gasteiger partial charge in [-0.1, -0.05) is 24.3 Å². The van der Waals surface area contributed by atoms with E-state index in [1.807, 2.05) is 29.2 Å². The SMILES string of the molecule is Cl.O=C(NCc1cccc(CN2CCCC2=O)c1)c1n[nH]c2c1CNCC2. The van der Waals surface area contributed by atoms with Crippen molar-refractivity contribution >= 4 is 24.2 Å². The molecule has 1 saturated heterocycles. The molecule has 0 bridgehead atoms. The zero-order valence-electron chi connectivity index (χ0n) is 15.1. The maximum Gasteiger partial charge on any atom is 0.272 e. The molecule has 144 valence electrons. The van der Waals surface area contributed by atoms with Gasteiger partial charge >= 0.3 is 0 Å². The maximum atomic E-state index is 12.5. The summed E-state index contributed by atoms with van der Waals surface area (Å²) in [6.45, 7) is 3.49. The predicted octanol–water partition coefficient (Wildman–Crippen LogP) is 1.53. The lowest BCUT2D eigenvalue weighted by Gasteiger charge is -2.16. The Kier molecular flexibility index (Phi) is 6.13. The molecule has 1 aromatic carbocycles. The molecule has 2 aliphatic rings. The minimum absolute atomic E-state index is 0. The van der Waals surface area contributed by atoms with E-state index in [0.717, 1.165) is 48.3 Å². The highest BCUT2D eigenvalue weighted by atomic mass is 35.5. The van der Waals surface area contributed by atoms with E-state index >= 15 is 0 Å². The number of hydrogen-bond acceptors (Lipinski definition) is 4. The molecule has 2 aromatic rings. The van der Waals surface area contributed by atoms with Crippen LogP contribution in [0, 0.1) is 0 Å². The standard InChI is InChI=1S/C19H23N5O2.ClH/c25-17-5-2-8-24(17)12-14-4-1-3-13(9-14)10-21-19(26)18-15-11-20-7-6-16(15)22-23-18;/h1,3-4,9,20H,2,5-8,10-12H2,(H,21,26)(H,22,23);1H. The third kappa shape index (κ3) is 4.31. The van der Waals surface area contributed by atoms with Gasteiger partial charge in [-0.15, -0.1) is 12.4 Å². The second-order valence-corrected chi connectivity index (χ2v) is 6.88. The number of benzene rings is 1. The first-order valence-electron chi connectivity index (χ1n) is 9.11. The minimum atomic E-state index is -0.161. The molecule has 4 rings (SSSR count). The van der Waals surface area contributed by atoms with Gasteiger partial charge in [0, 0.05) is 56.8 Å². The van der Waals surface area contributed by atoms with E-state index < -0.39 is 0 Å². The normalized spacial score (nSPS) is 16.0. The average Bonchev–Trinajstić information content (AvgIpc) is 3.27. The molecule has 3 N–H and O–H groups in total. The van der Waals surface area contributed by atoms with Crippen molar-refractivity contribution in [1.29, 1.82) is 0 Å². The van der Waals surface area contributed by atoms with Crippen molar-refractivity contribution in [3.8, 4) is 0 Å². The van der Waals surface area contributed by atoms with Crippen LogP contribution in [0.4, 0.5) is 0 Å². The highest BCUT2D eigenvalue weighted by Crippen LogP contribution is 2.17. The molecular formula is C19H24ClN5O2. The summed E-state index contributed by atoms with van der Waals surface area (Å²) in [5, 5.41) is 13.4. The molecule has 0 atom stereocenters. The van der Waals surface area contributed by atoms with Crippen molar-refractivity contribution < 1.29 is 9.59 Å². The van der Waals surface area contributed by atoms with E-state index in [1.165, 1.54) is 0 Å². The second kappa shape index (κ2) is 8.54. The number of hydrogen-bond donors (Lipinski definition) is 3. The van der Waals surface area contributed by atoms with Crippen molar-refractivity contribution in [3.05, 3.63) is 52.3 Å². The molecule has 1 aromatic heterocycles. The number of halogens is 1. The second-order valence-electron chi connectivity index (χ2n) is 6.88. The van der Waals surface area contributed by atoms with Gasteiger partial charge in [-0.2, -0.15) is 5.10 Å². The van der Waals surface area contributed by atoms with Crippen molar-refractivity contribution in [1.82, 2.24) is 25.7 Å². The third-order valence-electron chi connectivity index (χ3n) is 5.01. The van der Waals surface area contributed by atoms with Gasteiger partial charge in [-0.3, -0.25) is 14.7 Å². The van der Waals surface area contributed by atoms with E-state index in [0.29, 0.717) is 31.7 Å². The van der Waals surface area contributed by atoms with Crippen LogP contribution in [0.2, 0.25) is 0 Å². The minimum Gasteiger partial charge on any atom is -0.347 e. The lowest BCUT2D eigenvalue weighted by molar-refractivity contribution is -0.128. The van der Waals surface area contributed by atoms with Crippen molar-refractivity contribution in [3.63, 3.8) is 0 Å². The van der Waals surface area contributed by atoms with Gasteiger partial charge in [-0.25, -0.2) is 0 Å². The monoisotopic (exact) mass is 389 g/mol. The topological polar surface area (TPSA) is 90.1 Å². The number of rotatable bonds is 5. The van der Waals surface area contributed by atoms with Gasteiger partial charge in [0.1, 0.15) is 0 Å². The molecule has 0 radical (unpaired) electrons. The molecule has 0 unspecified atom stereocenters. The molecule has 2 aliphatic heterocycles. The summed E-state index contributed by atoms with van der Waals surface area (Å²) < 4.78 is 0. The highest BCUT2D eigenvalue weighted by molar-refractivity contribution is 5.94. The predicted molar refractivity (Wildman–Crippen MR) is 104 cm³/mol. The van der Waals surface area contributed by atoms with E-state index in [9.17, 15) is 9.59 Å². The molecule has 27 heavy (non-hydrogen) atoms. The summed E-state index contributed by atoms with van der Waals surface area (Å²) in [5.41, 5.74) is 4.60. The molecule has 0 spiro atoms. The van der Waals surface area contributed by atoms with Gasteiger partial charge in [0.25, 0.3) is 5.91 Å². The smallest absolute Gasteiger partial charge is 0.272 e. The molecule has 8 heteroatoms. The highest BCUT2D eigenvalue weighted by Gasteiger charge is 2.22. The van der Waals surface area contributed by atoms with E-state index in [4.69, 9.17) is 0 Å². The largest absolute Gasteiger partial charge is 0.347 e. The van der Waals surface area contributed by atoms with Gasteiger partial charge in [0.05, 0.1) is 0 Å². The Balaban J connectivity index is 0.00000210. The Morgan fingerprint density at radius 3 is 2.93 bits per heavy atom. The number of aromatic nitrogens is 2. The number of H-pyrrole nitrogens is 1.